The van der Waals surface area contributed by atoms with Gasteiger partial charge in [-0.1, -0.05) is 0 Å². The van der Waals surface area contributed by atoms with Crippen LogP contribution < -0.4 is 0 Å². The van der Waals surface area contributed by atoms with Crippen LogP contribution in [0, 0.1) is 0 Å². The standard InChI is InChI=1S/GeH6O7P2/c1-7-10(5,6)8-9(2,3)4/h1H3,(H,5,6)(H2,2,3,4). The van der Waals surface area contributed by atoms with Crippen LogP contribution in [0.15, 0.2) is 0 Å². The van der Waals surface area contributed by atoms with Gasteiger partial charge in [0.1, 0.15) is 0 Å². The molecule has 0 aromatic rings. The average Bonchev–Trinajstić information content (AvgIpc) is 1.60. The first-order valence-corrected chi connectivity index (χ1v) is 6.66. The fraction of sp³-hybridized carbons (Fsp3) is 0. The monoisotopic (exact) mass is 254 g/mol. The van der Waals surface area contributed by atoms with Crippen molar-refractivity contribution in [3.63, 3.8) is 0 Å². The summed E-state index contributed by atoms with van der Waals surface area (Å²) in [6, 6.07) is 0. The maximum absolute atomic E-state index is 10.3. The third kappa shape index (κ3) is 5.58. The molecule has 0 radical (unpaired) electrons. The predicted octanol–water partition coefficient (Wildman–Crippen LogP) is -1.51. The summed E-state index contributed by atoms with van der Waals surface area (Å²) in [6.07, 6.45) is 0. The quantitative estimate of drug-likeness (QED) is 0.413. The van der Waals surface area contributed by atoms with Gasteiger partial charge in [0.2, 0.25) is 0 Å². The van der Waals surface area contributed by atoms with Crippen molar-refractivity contribution in [1.82, 2.24) is 0 Å². The van der Waals surface area contributed by atoms with Gasteiger partial charge in [-0.2, -0.15) is 0 Å². The molecule has 0 aromatic carbocycles. The van der Waals surface area contributed by atoms with Crippen LogP contribution in [0.5, 0.6) is 0 Å². The molecular weight excluding hydrogens is 247 g/mol. The molecule has 0 rings (SSSR count). The number of hydrogen-bond donors (Lipinski definition) is 3. The first-order valence-electron chi connectivity index (χ1n) is 1.92. The molecule has 0 bridgehead atoms. The Bertz CT molecular complexity index is 190. The molecule has 0 saturated carbocycles. The summed E-state index contributed by atoms with van der Waals surface area (Å²) < 4.78 is 27.4. The van der Waals surface area contributed by atoms with Crippen LogP contribution in [0.3, 0.4) is 0 Å². The molecule has 0 aliphatic carbocycles. The summed E-state index contributed by atoms with van der Waals surface area (Å²) in [5.41, 5.74) is 0. The fourth-order valence-electron chi connectivity index (χ4n) is 0.168. The predicted molar refractivity (Wildman–Crippen MR) is 34.0 cm³/mol. The van der Waals surface area contributed by atoms with Crippen LogP contribution in [-0.4, -0.2) is 31.5 Å². The molecule has 1 atom stereocenters. The summed E-state index contributed by atoms with van der Waals surface area (Å²) in [5.74, 6) is 0. The molecule has 0 aromatic heterocycles. The molecule has 3 N–H and O–H groups in total. The summed E-state index contributed by atoms with van der Waals surface area (Å²) in [5, 5.41) is 0. The summed E-state index contributed by atoms with van der Waals surface area (Å²) in [7, 11) is -9.39. The van der Waals surface area contributed by atoms with E-state index in [-0.39, 0.29) is 0 Å². The average molecular weight is 253 g/mol. The molecule has 0 fully saturated rings. The summed E-state index contributed by atoms with van der Waals surface area (Å²) >= 11 is -0.466. The molecule has 10 heavy (non-hydrogen) atoms. The van der Waals surface area contributed by atoms with Crippen molar-refractivity contribution in [3.05, 3.63) is 0 Å². The molecule has 0 aliphatic rings. The maximum atomic E-state index is 10.3. The first-order chi connectivity index (χ1) is 4.27. The van der Waals surface area contributed by atoms with E-state index in [9.17, 15) is 9.13 Å². The van der Waals surface area contributed by atoms with Crippen LogP contribution >= 0.6 is 15.6 Å². The fourth-order valence-corrected chi connectivity index (χ4v) is 2.77. The molecule has 1 unspecified atom stereocenters. The zero-order valence-corrected chi connectivity index (χ0v) is 10.9. The van der Waals surface area contributed by atoms with Crippen LogP contribution in [0.4, 0.5) is 0 Å². The van der Waals surface area contributed by atoms with Crippen LogP contribution in [0.25, 0.3) is 0 Å². The van der Waals surface area contributed by atoms with E-state index in [0.29, 0.717) is 0 Å². The van der Waals surface area contributed by atoms with E-state index in [1.165, 1.54) is 0 Å². The summed E-state index contributed by atoms with van der Waals surface area (Å²) in [4.78, 5) is 24.3. The zero-order chi connectivity index (χ0) is 8.41. The van der Waals surface area contributed by atoms with Crippen LogP contribution in [0.2, 0.25) is 0 Å². The number of hydrogen-bond acceptors (Lipinski definition) is 4. The SMILES string of the molecule is O=P(O)(O)OP(=O)(O)[O][GeH3]. The second kappa shape index (κ2) is 3.47. The van der Waals surface area contributed by atoms with Gasteiger partial charge in [-0.25, -0.2) is 0 Å². The van der Waals surface area contributed by atoms with Gasteiger partial charge in [-0.05, 0) is 0 Å². The van der Waals surface area contributed by atoms with Gasteiger partial charge in [0, 0.05) is 0 Å². The minimum absolute atomic E-state index is 0.466. The van der Waals surface area contributed by atoms with Gasteiger partial charge < -0.3 is 0 Å². The van der Waals surface area contributed by atoms with E-state index in [1.807, 2.05) is 0 Å². The van der Waals surface area contributed by atoms with E-state index in [2.05, 4.69) is 7.86 Å². The Kier molecular flexibility index (Phi) is 3.74. The molecular formula is H6GeO7P2. The topological polar surface area (TPSA) is 113 Å². The van der Waals surface area contributed by atoms with Gasteiger partial charge in [0.25, 0.3) is 0 Å². The second-order valence-corrected chi connectivity index (χ2v) is 6.46. The molecule has 0 amide bonds. The van der Waals surface area contributed by atoms with Gasteiger partial charge in [-0.15, -0.1) is 0 Å². The molecule has 0 heterocycles. The molecule has 0 saturated heterocycles. The van der Waals surface area contributed by atoms with Crippen molar-refractivity contribution in [2.24, 2.45) is 0 Å². The van der Waals surface area contributed by atoms with Gasteiger partial charge in [0.05, 0.1) is 0 Å². The Hall–Kier alpha value is 0.803. The van der Waals surface area contributed by atoms with Crippen molar-refractivity contribution in [2.75, 3.05) is 0 Å². The molecule has 10 heteroatoms. The van der Waals surface area contributed by atoms with Gasteiger partial charge in [0.15, 0.2) is 0 Å². The number of rotatable bonds is 3. The van der Waals surface area contributed by atoms with E-state index < -0.39 is 32.5 Å². The van der Waals surface area contributed by atoms with E-state index in [0.717, 1.165) is 0 Å². The third-order valence-corrected chi connectivity index (χ3v) is 5.48. The molecule has 62 valence electrons. The Morgan fingerprint density at radius 2 is 1.60 bits per heavy atom. The minimum atomic E-state index is -4.91. The van der Waals surface area contributed by atoms with Crippen LogP contribution in [0.1, 0.15) is 0 Å². The second-order valence-electron chi connectivity index (χ2n) is 1.22. The third-order valence-electron chi connectivity index (χ3n) is 0.440. The van der Waals surface area contributed by atoms with Gasteiger partial charge >= 0.3 is 64.2 Å². The van der Waals surface area contributed by atoms with Crippen molar-refractivity contribution in [1.29, 1.82) is 0 Å². The Balaban J connectivity index is 4.17. The van der Waals surface area contributed by atoms with Crippen molar-refractivity contribution >= 4 is 32.5 Å². The Morgan fingerprint density at radius 3 is 1.70 bits per heavy atom. The zero-order valence-electron chi connectivity index (χ0n) is 4.87. The van der Waals surface area contributed by atoms with E-state index in [1.54, 1.807) is 0 Å². The first kappa shape index (κ1) is 10.8. The van der Waals surface area contributed by atoms with Crippen LogP contribution in [-0.2, 0) is 17.0 Å². The summed E-state index contributed by atoms with van der Waals surface area (Å²) in [6.45, 7) is 0. The molecule has 7 nitrogen and oxygen atoms in total. The van der Waals surface area contributed by atoms with Crippen molar-refractivity contribution in [2.45, 2.75) is 0 Å². The molecule has 0 aliphatic heterocycles. The Labute approximate surface area is 64.8 Å². The number of phosphoric acid groups is 2. The van der Waals surface area contributed by atoms with Crippen molar-refractivity contribution < 1.29 is 31.7 Å². The normalized spacial score (nSPS) is 18.7. The van der Waals surface area contributed by atoms with E-state index in [4.69, 9.17) is 14.7 Å². The molecule has 0 spiro atoms. The van der Waals surface area contributed by atoms with Crippen molar-refractivity contribution in [3.8, 4) is 0 Å². The Morgan fingerprint density at radius 1 is 1.20 bits per heavy atom. The van der Waals surface area contributed by atoms with Gasteiger partial charge in [-0.3, -0.25) is 0 Å². The van der Waals surface area contributed by atoms with E-state index >= 15 is 0 Å².